The molecule has 0 amide bonds. The molecule has 0 unspecified atom stereocenters. The van der Waals surface area contributed by atoms with Gasteiger partial charge in [-0.1, -0.05) is 32.0 Å². The second kappa shape index (κ2) is 4.69. The van der Waals surface area contributed by atoms with E-state index in [1.54, 1.807) is 0 Å². The lowest BCUT2D eigenvalue weighted by atomic mass is 9.82. The van der Waals surface area contributed by atoms with Crippen LogP contribution in [0.5, 0.6) is 0 Å². The molecule has 0 radical (unpaired) electrons. The molecule has 0 saturated carbocycles. The Labute approximate surface area is 104 Å². The molecule has 0 spiro atoms. The molecule has 94 valence electrons. The van der Waals surface area contributed by atoms with Crippen molar-refractivity contribution in [1.82, 2.24) is 0 Å². The Morgan fingerprint density at radius 1 is 1.18 bits per heavy atom. The van der Waals surface area contributed by atoms with Gasteiger partial charge in [-0.05, 0) is 31.2 Å². The number of piperidine rings is 1. The number of anilines is 1. The maximum atomic E-state index is 9.81. The summed E-state index contributed by atoms with van der Waals surface area (Å²) in [6, 6.07) is 8.21. The molecule has 1 fully saturated rings. The fraction of sp³-hybridized carbons (Fsp3) is 0.600. The van der Waals surface area contributed by atoms with Crippen molar-refractivity contribution in [3.8, 4) is 0 Å². The molecule has 1 saturated heterocycles. The van der Waals surface area contributed by atoms with Crippen molar-refractivity contribution in [2.75, 3.05) is 18.0 Å². The number of rotatable bonds is 2. The average molecular weight is 233 g/mol. The molecule has 1 aromatic rings. The van der Waals surface area contributed by atoms with E-state index in [0.717, 1.165) is 18.7 Å². The minimum atomic E-state index is -0.388. The quantitative estimate of drug-likeness (QED) is 0.846. The van der Waals surface area contributed by atoms with Crippen LogP contribution in [0.4, 0.5) is 5.69 Å². The van der Waals surface area contributed by atoms with Crippen LogP contribution in [0.3, 0.4) is 0 Å². The first kappa shape index (κ1) is 12.4. The van der Waals surface area contributed by atoms with Crippen molar-refractivity contribution >= 4 is 5.69 Å². The maximum Gasteiger partial charge on any atom is 0.0781 e. The number of hydrogen-bond donors (Lipinski definition) is 1. The zero-order valence-corrected chi connectivity index (χ0v) is 11.1. The highest BCUT2D eigenvalue weighted by atomic mass is 16.3. The van der Waals surface area contributed by atoms with Gasteiger partial charge in [0, 0.05) is 24.3 Å². The lowest BCUT2D eigenvalue weighted by Gasteiger charge is -2.39. The number of aliphatic hydroxyl groups excluding tert-OH is 1. The molecule has 2 heteroatoms. The monoisotopic (exact) mass is 233 g/mol. The molecule has 0 bridgehead atoms. The van der Waals surface area contributed by atoms with Crippen molar-refractivity contribution in [2.45, 2.75) is 39.7 Å². The smallest absolute Gasteiger partial charge is 0.0781 e. The van der Waals surface area contributed by atoms with Gasteiger partial charge in [-0.25, -0.2) is 0 Å². The van der Waals surface area contributed by atoms with Gasteiger partial charge in [-0.15, -0.1) is 0 Å². The van der Waals surface area contributed by atoms with Crippen LogP contribution in [0, 0.1) is 5.41 Å². The van der Waals surface area contributed by atoms with E-state index in [2.05, 4.69) is 30.9 Å². The molecule has 1 N–H and O–H groups in total. The Kier molecular flexibility index (Phi) is 3.43. The van der Waals surface area contributed by atoms with E-state index < -0.39 is 0 Å². The molecule has 2 nitrogen and oxygen atoms in total. The zero-order valence-electron chi connectivity index (χ0n) is 11.1. The normalized spacial score (nSPS) is 21.3. The van der Waals surface area contributed by atoms with Gasteiger partial charge < -0.3 is 10.0 Å². The van der Waals surface area contributed by atoms with E-state index in [1.165, 1.54) is 18.5 Å². The van der Waals surface area contributed by atoms with E-state index in [-0.39, 0.29) is 6.10 Å². The molecular weight excluding hydrogens is 210 g/mol. The van der Waals surface area contributed by atoms with Gasteiger partial charge >= 0.3 is 0 Å². The number of benzene rings is 1. The lowest BCUT2D eigenvalue weighted by molar-refractivity contribution is 0.199. The summed E-state index contributed by atoms with van der Waals surface area (Å²) in [6.45, 7) is 8.70. The third-order valence-corrected chi connectivity index (χ3v) is 3.84. The van der Waals surface area contributed by atoms with E-state index in [1.807, 2.05) is 19.1 Å². The van der Waals surface area contributed by atoms with Gasteiger partial charge in [0.1, 0.15) is 0 Å². The highest BCUT2D eigenvalue weighted by Gasteiger charge is 2.26. The summed E-state index contributed by atoms with van der Waals surface area (Å²) in [4.78, 5) is 2.41. The molecule has 1 heterocycles. The minimum Gasteiger partial charge on any atom is -0.389 e. The molecule has 0 aliphatic carbocycles. The maximum absolute atomic E-state index is 9.81. The highest BCUT2D eigenvalue weighted by molar-refractivity contribution is 5.54. The topological polar surface area (TPSA) is 23.5 Å². The molecule has 0 aromatic heterocycles. The van der Waals surface area contributed by atoms with Gasteiger partial charge in [0.05, 0.1) is 6.10 Å². The summed E-state index contributed by atoms with van der Waals surface area (Å²) in [7, 11) is 0. The van der Waals surface area contributed by atoms with Gasteiger partial charge in [0.15, 0.2) is 0 Å². The first-order chi connectivity index (χ1) is 7.99. The summed E-state index contributed by atoms with van der Waals surface area (Å²) in [5, 5.41) is 9.81. The predicted molar refractivity (Wildman–Crippen MR) is 72.3 cm³/mol. The van der Waals surface area contributed by atoms with Crippen molar-refractivity contribution < 1.29 is 5.11 Å². The largest absolute Gasteiger partial charge is 0.389 e. The molecule has 1 aliphatic rings. The summed E-state index contributed by atoms with van der Waals surface area (Å²) >= 11 is 0. The summed E-state index contributed by atoms with van der Waals surface area (Å²) < 4.78 is 0. The van der Waals surface area contributed by atoms with Crippen LogP contribution >= 0.6 is 0 Å². The Hall–Kier alpha value is -1.02. The van der Waals surface area contributed by atoms with Crippen molar-refractivity contribution in [2.24, 2.45) is 5.41 Å². The molecule has 2 rings (SSSR count). The van der Waals surface area contributed by atoms with Crippen LogP contribution in [0.25, 0.3) is 0 Å². The van der Waals surface area contributed by atoms with Crippen LogP contribution in [0.1, 0.15) is 45.3 Å². The molecule has 1 atom stereocenters. The number of para-hydroxylation sites is 1. The Balaban J connectivity index is 2.18. The Morgan fingerprint density at radius 2 is 1.76 bits per heavy atom. The molecular formula is C15H23NO. The van der Waals surface area contributed by atoms with Crippen LogP contribution in [0.15, 0.2) is 24.3 Å². The third kappa shape index (κ3) is 2.81. The highest BCUT2D eigenvalue weighted by Crippen LogP contribution is 2.34. The lowest BCUT2D eigenvalue weighted by Crippen LogP contribution is -2.37. The molecule has 1 aliphatic heterocycles. The zero-order chi connectivity index (χ0) is 12.5. The SMILES string of the molecule is C[C@H](O)c1ccccc1N1CCC(C)(C)CC1. The van der Waals surface area contributed by atoms with E-state index in [0.29, 0.717) is 5.41 Å². The van der Waals surface area contributed by atoms with E-state index in [4.69, 9.17) is 0 Å². The minimum absolute atomic E-state index is 0.388. The number of aliphatic hydroxyl groups is 1. The summed E-state index contributed by atoms with van der Waals surface area (Å²) in [5.41, 5.74) is 2.72. The third-order valence-electron chi connectivity index (χ3n) is 3.84. The number of hydrogen-bond acceptors (Lipinski definition) is 2. The molecule has 1 aromatic carbocycles. The van der Waals surface area contributed by atoms with Crippen molar-refractivity contribution in [3.63, 3.8) is 0 Å². The van der Waals surface area contributed by atoms with Crippen LogP contribution in [-0.2, 0) is 0 Å². The first-order valence-corrected chi connectivity index (χ1v) is 6.51. The van der Waals surface area contributed by atoms with Crippen LogP contribution < -0.4 is 4.90 Å². The Bertz CT molecular complexity index is 374. The fourth-order valence-corrected chi connectivity index (χ4v) is 2.48. The summed E-state index contributed by atoms with van der Waals surface area (Å²) in [5.74, 6) is 0. The number of nitrogens with zero attached hydrogens (tertiary/aromatic N) is 1. The fourth-order valence-electron chi connectivity index (χ4n) is 2.48. The average Bonchev–Trinajstić information content (AvgIpc) is 2.29. The second-order valence-electron chi connectivity index (χ2n) is 5.89. The van der Waals surface area contributed by atoms with Crippen LogP contribution in [0.2, 0.25) is 0 Å². The van der Waals surface area contributed by atoms with Crippen LogP contribution in [-0.4, -0.2) is 18.2 Å². The first-order valence-electron chi connectivity index (χ1n) is 6.51. The van der Waals surface area contributed by atoms with Crippen molar-refractivity contribution in [3.05, 3.63) is 29.8 Å². The standard InChI is InChI=1S/C15H23NO/c1-12(17)13-6-4-5-7-14(13)16-10-8-15(2,3)9-11-16/h4-7,12,17H,8-11H2,1-3H3/t12-/m0/s1. The predicted octanol–water partition coefficient (Wildman–Crippen LogP) is 3.37. The van der Waals surface area contributed by atoms with Crippen molar-refractivity contribution in [1.29, 1.82) is 0 Å². The van der Waals surface area contributed by atoms with E-state index >= 15 is 0 Å². The van der Waals surface area contributed by atoms with Gasteiger partial charge in [0.25, 0.3) is 0 Å². The summed E-state index contributed by atoms with van der Waals surface area (Å²) in [6.07, 6.45) is 2.06. The van der Waals surface area contributed by atoms with Gasteiger partial charge in [-0.2, -0.15) is 0 Å². The second-order valence-corrected chi connectivity index (χ2v) is 5.89. The van der Waals surface area contributed by atoms with E-state index in [9.17, 15) is 5.11 Å². The van der Waals surface area contributed by atoms with Gasteiger partial charge in [-0.3, -0.25) is 0 Å². The van der Waals surface area contributed by atoms with Gasteiger partial charge in [0.2, 0.25) is 0 Å². The Morgan fingerprint density at radius 3 is 2.35 bits per heavy atom. The molecule has 17 heavy (non-hydrogen) atoms.